The Morgan fingerprint density at radius 1 is 1.64 bits per heavy atom. The molecule has 0 fully saturated rings. The maximum atomic E-state index is 11.0. The quantitative estimate of drug-likeness (QED) is 0.497. The van der Waals surface area contributed by atoms with Crippen molar-refractivity contribution in [2.24, 2.45) is 5.73 Å². The number of hydrogen-bond donors (Lipinski definition) is 1. The molecule has 3 nitrogen and oxygen atoms in total. The van der Waals surface area contributed by atoms with Gasteiger partial charge in [-0.15, -0.1) is 0 Å². The maximum absolute atomic E-state index is 11.0. The van der Waals surface area contributed by atoms with Crippen LogP contribution in [0.15, 0.2) is 36.8 Å². The molecule has 0 saturated carbocycles. The van der Waals surface area contributed by atoms with Crippen LogP contribution in [0, 0.1) is 0 Å². The Hall–Kier alpha value is -1.64. The highest BCUT2D eigenvalue weighted by molar-refractivity contribution is 6.04. The largest absolute Gasteiger partial charge is 0.404 e. The van der Waals surface area contributed by atoms with E-state index in [2.05, 4.69) is 4.98 Å². The first-order valence-electron chi connectivity index (χ1n) is 3.17. The Bertz CT molecular complexity index is 267. The number of hydrogen-bond acceptors (Lipinski definition) is 3. The van der Waals surface area contributed by atoms with Gasteiger partial charge in [-0.3, -0.25) is 9.78 Å². The van der Waals surface area contributed by atoms with Gasteiger partial charge >= 0.3 is 0 Å². The van der Waals surface area contributed by atoms with Crippen molar-refractivity contribution in [3.63, 3.8) is 0 Å². The van der Waals surface area contributed by atoms with Gasteiger partial charge in [0.05, 0.1) is 0 Å². The summed E-state index contributed by atoms with van der Waals surface area (Å²) in [4.78, 5) is 14.8. The Morgan fingerprint density at radius 2 is 2.45 bits per heavy atom. The zero-order valence-corrected chi connectivity index (χ0v) is 5.90. The summed E-state index contributed by atoms with van der Waals surface area (Å²) in [6.07, 6.45) is 5.64. The van der Waals surface area contributed by atoms with Gasteiger partial charge in [0.1, 0.15) is 0 Å². The zero-order valence-electron chi connectivity index (χ0n) is 5.90. The van der Waals surface area contributed by atoms with Crippen molar-refractivity contribution in [2.75, 3.05) is 0 Å². The van der Waals surface area contributed by atoms with Gasteiger partial charge in [0, 0.05) is 24.0 Å². The van der Waals surface area contributed by atoms with Gasteiger partial charge in [0.2, 0.25) is 0 Å². The van der Waals surface area contributed by atoms with Crippen molar-refractivity contribution in [3.05, 3.63) is 42.4 Å². The van der Waals surface area contributed by atoms with E-state index in [1.54, 1.807) is 18.3 Å². The fraction of sp³-hybridized carbons (Fsp3) is 0. The third kappa shape index (κ3) is 1.89. The highest BCUT2D eigenvalue weighted by atomic mass is 16.1. The van der Waals surface area contributed by atoms with E-state index in [4.69, 9.17) is 5.73 Å². The molecule has 3 heteroatoms. The van der Waals surface area contributed by atoms with Crippen LogP contribution in [-0.4, -0.2) is 10.8 Å². The van der Waals surface area contributed by atoms with Crippen LogP contribution in [0.4, 0.5) is 0 Å². The summed E-state index contributed by atoms with van der Waals surface area (Å²) < 4.78 is 0. The van der Waals surface area contributed by atoms with Crippen LogP contribution in [0.2, 0.25) is 0 Å². The molecule has 0 spiro atoms. The van der Waals surface area contributed by atoms with Gasteiger partial charge in [-0.2, -0.15) is 0 Å². The van der Waals surface area contributed by atoms with Crippen LogP contribution in [0.25, 0.3) is 0 Å². The van der Waals surface area contributed by atoms with Crippen LogP contribution < -0.4 is 5.73 Å². The Kier molecular flexibility index (Phi) is 2.38. The summed E-state index contributed by atoms with van der Waals surface area (Å²) in [6, 6.07) is 3.40. The molecule has 1 rings (SSSR count). The predicted molar refractivity (Wildman–Crippen MR) is 41.9 cm³/mol. The maximum Gasteiger partial charge on any atom is 0.188 e. The van der Waals surface area contributed by atoms with E-state index in [0.717, 1.165) is 0 Å². The normalized spacial score (nSPS) is 10.2. The van der Waals surface area contributed by atoms with Crippen LogP contribution in [0.1, 0.15) is 10.4 Å². The Morgan fingerprint density at radius 3 is 3.00 bits per heavy atom. The van der Waals surface area contributed by atoms with Gasteiger partial charge in [0.15, 0.2) is 5.78 Å². The average molecular weight is 148 g/mol. The van der Waals surface area contributed by atoms with E-state index in [1.807, 2.05) is 0 Å². The third-order valence-electron chi connectivity index (χ3n) is 1.19. The molecule has 0 amide bonds. The number of carbonyl (C=O) groups excluding carboxylic acids is 1. The van der Waals surface area contributed by atoms with E-state index in [0.29, 0.717) is 5.56 Å². The molecule has 0 atom stereocenters. The van der Waals surface area contributed by atoms with Crippen molar-refractivity contribution in [1.29, 1.82) is 0 Å². The van der Waals surface area contributed by atoms with E-state index >= 15 is 0 Å². The molecular formula is C8H8N2O. The van der Waals surface area contributed by atoms with Crippen molar-refractivity contribution < 1.29 is 4.79 Å². The number of pyridine rings is 1. The van der Waals surface area contributed by atoms with Gasteiger partial charge in [0.25, 0.3) is 0 Å². The van der Waals surface area contributed by atoms with Crippen LogP contribution in [0.3, 0.4) is 0 Å². The molecule has 1 heterocycles. The summed E-state index contributed by atoms with van der Waals surface area (Å²) >= 11 is 0. The fourth-order valence-corrected chi connectivity index (χ4v) is 0.692. The number of nitrogens with zero attached hydrogens (tertiary/aromatic N) is 1. The van der Waals surface area contributed by atoms with E-state index in [1.165, 1.54) is 18.5 Å². The molecular weight excluding hydrogens is 140 g/mol. The highest BCUT2D eigenvalue weighted by Gasteiger charge is 1.98. The second kappa shape index (κ2) is 3.51. The second-order valence-corrected chi connectivity index (χ2v) is 1.97. The lowest BCUT2D eigenvalue weighted by atomic mass is 10.2. The SMILES string of the molecule is N/C=C/C(=O)c1cccnc1. The summed E-state index contributed by atoms with van der Waals surface area (Å²) in [5.41, 5.74) is 5.60. The molecule has 0 aromatic carbocycles. The lowest BCUT2D eigenvalue weighted by molar-refractivity contribution is 0.104. The summed E-state index contributed by atoms with van der Waals surface area (Å²) in [7, 11) is 0. The number of allylic oxidation sites excluding steroid dienone is 1. The topological polar surface area (TPSA) is 56.0 Å². The Labute approximate surface area is 64.6 Å². The molecule has 1 aromatic rings. The average Bonchev–Trinajstić information content (AvgIpc) is 2.07. The number of ketones is 1. The molecule has 0 aliphatic heterocycles. The van der Waals surface area contributed by atoms with E-state index in [9.17, 15) is 4.79 Å². The minimum absolute atomic E-state index is 0.124. The predicted octanol–water partition coefficient (Wildman–Crippen LogP) is 0.737. The van der Waals surface area contributed by atoms with Crippen LogP contribution in [-0.2, 0) is 0 Å². The molecule has 0 radical (unpaired) electrons. The minimum Gasteiger partial charge on any atom is -0.404 e. The lowest BCUT2D eigenvalue weighted by Crippen LogP contribution is -1.95. The van der Waals surface area contributed by atoms with E-state index in [-0.39, 0.29) is 5.78 Å². The van der Waals surface area contributed by atoms with Gasteiger partial charge < -0.3 is 5.73 Å². The monoisotopic (exact) mass is 148 g/mol. The van der Waals surface area contributed by atoms with Crippen LogP contribution in [0.5, 0.6) is 0 Å². The highest BCUT2D eigenvalue weighted by Crippen LogP contribution is 1.97. The molecule has 11 heavy (non-hydrogen) atoms. The second-order valence-electron chi connectivity index (χ2n) is 1.97. The zero-order chi connectivity index (χ0) is 8.10. The van der Waals surface area contributed by atoms with Crippen molar-refractivity contribution in [1.82, 2.24) is 4.98 Å². The van der Waals surface area contributed by atoms with Crippen molar-refractivity contribution in [3.8, 4) is 0 Å². The summed E-state index contributed by atoms with van der Waals surface area (Å²) in [6.45, 7) is 0. The van der Waals surface area contributed by atoms with Crippen LogP contribution >= 0.6 is 0 Å². The first-order chi connectivity index (χ1) is 5.34. The standard InChI is InChI=1S/C8H8N2O/c9-4-3-8(11)7-2-1-5-10-6-7/h1-6H,9H2/b4-3+. The molecule has 0 saturated heterocycles. The van der Waals surface area contributed by atoms with Gasteiger partial charge in [-0.1, -0.05) is 0 Å². The number of aromatic nitrogens is 1. The first-order valence-corrected chi connectivity index (χ1v) is 3.17. The molecule has 0 unspecified atom stereocenters. The number of nitrogens with two attached hydrogens (primary N) is 1. The third-order valence-corrected chi connectivity index (χ3v) is 1.19. The minimum atomic E-state index is -0.124. The molecule has 56 valence electrons. The number of carbonyl (C=O) groups is 1. The molecule has 1 aromatic heterocycles. The van der Waals surface area contributed by atoms with Crippen molar-refractivity contribution in [2.45, 2.75) is 0 Å². The Balaban J connectivity index is 2.86. The first kappa shape index (κ1) is 7.47. The van der Waals surface area contributed by atoms with Crippen molar-refractivity contribution >= 4 is 5.78 Å². The molecule has 0 bridgehead atoms. The molecule has 0 aliphatic carbocycles. The fourth-order valence-electron chi connectivity index (χ4n) is 0.692. The smallest absolute Gasteiger partial charge is 0.188 e. The number of rotatable bonds is 2. The van der Waals surface area contributed by atoms with E-state index < -0.39 is 0 Å². The molecule has 0 aliphatic rings. The van der Waals surface area contributed by atoms with Gasteiger partial charge in [-0.25, -0.2) is 0 Å². The summed E-state index contributed by atoms with van der Waals surface area (Å²) in [5.74, 6) is -0.124. The summed E-state index contributed by atoms with van der Waals surface area (Å²) in [5, 5.41) is 0. The molecule has 2 N–H and O–H groups in total. The van der Waals surface area contributed by atoms with Gasteiger partial charge in [-0.05, 0) is 18.3 Å². The lowest BCUT2D eigenvalue weighted by Gasteiger charge is -1.90.